The lowest BCUT2D eigenvalue weighted by atomic mass is 10.1. The standard InChI is InChI=1S/C25H18Cl2O4/c1-15(28)31-23-4-2-3-16(10-23)14-30-22-5-6-24-18(12-22)11-19(25(24)29)7-17-8-20(26)13-21(27)9-17/h2-10,12-13H,11,14H2,1H3/b19-7+. The number of fused-ring (bicyclic) bond motifs is 1. The van der Waals surface area contributed by atoms with E-state index in [9.17, 15) is 9.59 Å². The molecule has 3 aromatic carbocycles. The molecule has 3 aromatic rings. The summed E-state index contributed by atoms with van der Waals surface area (Å²) >= 11 is 12.1. The van der Waals surface area contributed by atoms with E-state index < -0.39 is 0 Å². The van der Waals surface area contributed by atoms with Crippen LogP contribution >= 0.6 is 23.2 Å². The summed E-state index contributed by atoms with van der Waals surface area (Å²) in [6, 6.07) is 17.8. The number of carbonyl (C=O) groups excluding carboxylic acids is 2. The number of hydrogen-bond donors (Lipinski definition) is 0. The summed E-state index contributed by atoms with van der Waals surface area (Å²) in [5, 5.41) is 1.05. The van der Waals surface area contributed by atoms with Crippen molar-refractivity contribution in [1.82, 2.24) is 0 Å². The Morgan fingerprint density at radius 3 is 2.52 bits per heavy atom. The van der Waals surface area contributed by atoms with Crippen molar-refractivity contribution in [2.24, 2.45) is 0 Å². The van der Waals surface area contributed by atoms with Crippen LogP contribution in [0.25, 0.3) is 6.08 Å². The van der Waals surface area contributed by atoms with Crippen LogP contribution in [0, 0.1) is 0 Å². The molecule has 31 heavy (non-hydrogen) atoms. The predicted molar refractivity (Wildman–Crippen MR) is 121 cm³/mol. The van der Waals surface area contributed by atoms with Crippen LogP contribution in [0.15, 0.2) is 66.2 Å². The maximum absolute atomic E-state index is 12.8. The van der Waals surface area contributed by atoms with Crippen LogP contribution in [0.4, 0.5) is 0 Å². The Morgan fingerprint density at radius 2 is 1.77 bits per heavy atom. The lowest BCUT2D eigenvalue weighted by Gasteiger charge is -2.09. The molecule has 0 unspecified atom stereocenters. The van der Waals surface area contributed by atoms with E-state index in [0.717, 1.165) is 16.7 Å². The van der Waals surface area contributed by atoms with Crippen LogP contribution in [0.3, 0.4) is 0 Å². The first kappa shape index (κ1) is 21.2. The Bertz CT molecular complexity index is 1190. The molecule has 0 bridgehead atoms. The summed E-state index contributed by atoms with van der Waals surface area (Å²) in [4.78, 5) is 23.9. The van der Waals surface area contributed by atoms with Gasteiger partial charge in [-0.3, -0.25) is 9.59 Å². The minimum absolute atomic E-state index is 0.00766. The Balaban J connectivity index is 1.48. The summed E-state index contributed by atoms with van der Waals surface area (Å²) in [7, 11) is 0. The molecule has 0 saturated carbocycles. The number of carbonyl (C=O) groups is 2. The number of halogens is 2. The molecule has 0 fully saturated rings. The number of benzene rings is 3. The van der Waals surface area contributed by atoms with E-state index in [2.05, 4.69) is 0 Å². The largest absolute Gasteiger partial charge is 0.489 e. The first-order valence-corrected chi connectivity index (χ1v) is 10.4. The van der Waals surface area contributed by atoms with Gasteiger partial charge in [0.25, 0.3) is 0 Å². The summed E-state index contributed by atoms with van der Waals surface area (Å²) < 4.78 is 11.0. The van der Waals surface area contributed by atoms with Gasteiger partial charge in [0.05, 0.1) is 0 Å². The minimum Gasteiger partial charge on any atom is -0.489 e. The third kappa shape index (κ3) is 5.16. The molecule has 4 rings (SSSR count). The normalized spacial score (nSPS) is 13.9. The van der Waals surface area contributed by atoms with Crippen molar-refractivity contribution >= 4 is 41.0 Å². The molecule has 0 heterocycles. The molecule has 156 valence electrons. The lowest BCUT2D eigenvalue weighted by molar-refractivity contribution is -0.131. The van der Waals surface area contributed by atoms with Gasteiger partial charge in [0.15, 0.2) is 5.78 Å². The second-order valence-corrected chi connectivity index (χ2v) is 8.10. The van der Waals surface area contributed by atoms with Gasteiger partial charge in [-0.15, -0.1) is 0 Å². The fourth-order valence-corrected chi connectivity index (χ4v) is 4.04. The maximum Gasteiger partial charge on any atom is 0.308 e. The first-order valence-electron chi connectivity index (χ1n) is 9.62. The Labute approximate surface area is 190 Å². The molecule has 0 atom stereocenters. The number of esters is 1. The zero-order valence-corrected chi connectivity index (χ0v) is 18.2. The lowest BCUT2D eigenvalue weighted by Crippen LogP contribution is -2.02. The van der Waals surface area contributed by atoms with Crippen molar-refractivity contribution in [3.63, 3.8) is 0 Å². The quantitative estimate of drug-likeness (QED) is 0.258. The molecule has 0 aliphatic heterocycles. The van der Waals surface area contributed by atoms with Crippen molar-refractivity contribution in [3.8, 4) is 11.5 Å². The third-order valence-electron chi connectivity index (χ3n) is 4.79. The summed E-state index contributed by atoms with van der Waals surface area (Å²) in [5.41, 5.74) is 3.92. The molecule has 1 aliphatic carbocycles. The van der Waals surface area contributed by atoms with Gasteiger partial charge in [0.2, 0.25) is 0 Å². The Kier molecular flexibility index (Phi) is 6.12. The number of ether oxygens (including phenoxy) is 2. The number of hydrogen-bond acceptors (Lipinski definition) is 4. The van der Waals surface area contributed by atoms with Gasteiger partial charge in [-0.05, 0) is 71.3 Å². The first-order chi connectivity index (χ1) is 14.9. The molecular formula is C25H18Cl2O4. The molecule has 6 heteroatoms. The Morgan fingerprint density at radius 1 is 1.00 bits per heavy atom. The smallest absolute Gasteiger partial charge is 0.308 e. The van der Waals surface area contributed by atoms with E-state index in [1.165, 1.54) is 6.92 Å². The molecule has 0 spiro atoms. The fraction of sp³-hybridized carbons (Fsp3) is 0.120. The van der Waals surface area contributed by atoms with Gasteiger partial charge in [-0.1, -0.05) is 35.3 Å². The van der Waals surface area contributed by atoms with Crippen molar-refractivity contribution < 1.29 is 19.1 Å². The molecular weight excluding hydrogens is 435 g/mol. The molecule has 0 N–H and O–H groups in total. The molecule has 0 aromatic heterocycles. The zero-order chi connectivity index (χ0) is 22.0. The van der Waals surface area contributed by atoms with Crippen LogP contribution in [0.2, 0.25) is 10.0 Å². The molecule has 0 radical (unpaired) electrons. The average Bonchev–Trinajstić information content (AvgIpc) is 3.00. The van der Waals surface area contributed by atoms with E-state index in [0.29, 0.717) is 45.7 Å². The number of Topliss-reactive ketones (excluding diaryl/α,β-unsaturated/α-hetero) is 1. The van der Waals surface area contributed by atoms with Gasteiger partial charge in [0.1, 0.15) is 18.1 Å². The van der Waals surface area contributed by atoms with Crippen LogP contribution in [0.1, 0.15) is 34.0 Å². The van der Waals surface area contributed by atoms with E-state index in [-0.39, 0.29) is 11.8 Å². The van der Waals surface area contributed by atoms with E-state index in [1.54, 1.807) is 48.5 Å². The summed E-state index contributed by atoms with van der Waals surface area (Å²) in [5.74, 6) is 0.762. The van der Waals surface area contributed by atoms with Crippen LogP contribution in [-0.2, 0) is 17.8 Å². The second-order valence-electron chi connectivity index (χ2n) is 7.23. The topological polar surface area (TPSA) is 52.6 Å². The zero-order valence-electron chi connectivity index (χ0n) is 16.7. The van der Waals surface area contributed by atoms with E-state index in [4.69, 9.17) is 32.7 Å². The monoisotopic (exact) mass is 452 g/mol. The fourth-order valence-electron chi connectivity index (χ4n) is 3.49. The molecule has 0 amide bonds. The van der Waals surface area contributed by atoms with E-state index in [1.807, 2.05) is 18.2 Å². The highest BCUT2D eigenvalue weighted by Gasteiger charge is 2.25. The van der Waals surface area contributed by atoms with Gasteiger partial charge >= 0.3 is 5.97 Å². The predicted octanol–water partition coefficient (Wildman–Crippen LogP) is 6.32. The molecule has 1 aliphatic rings. The second kappa shape index (κ2) is 8.96. The van der Waals surface area contributed by atoms with Gasteiger partial charge in [0, 0.05) is 34.5 Å². The van der Waals surface area contributed by atoms with Gasteiger partial charge in [-0.2, -0.15) is 0 Å². The van der Waals surface area contributed by atoms with Crippen molar-refractivity contribution in [1.29, 1.82) is 0 Å². The van der Waals surface area contributed by atoms with Gasteiger partial charge in [-0.25, -0.2) is 0 Å². The number of allylic oxidation sites excluding steroid dienone is 1. The van der Waals surface area contributed by atoms with Crippen LogP contribution in [0.5, 0.6) is 11.5 Å². The molecule has 0 saturated heterocycles. The average molecular weight is 453 g/mol. The van der Waals surface area contributed by atoms with Crippen molar-refractivity contribution in [3.05, 3.63) is 98.5 Å². The highest BCUT2D eigenvalue weighted by atomic mass is 35.5. The summed E-state index contributed by atoms with van der Waals surface area (Å²) in [6.45, 7) is 1.67. The van der Waals surface area contributed by atoms with Crippen molar-refractivity contribution in [2.45, 2.75) is 20.0 Å². The number of ketones is 1. The minimum atomic E-state index is -0.370. The highest BCUT2D eigenvalue weighted by molar-refractivity contribution is 6.34. The van der Waals surface area contributed by atoms with Crippen LogP contribution < -0.4 is 9.47 Å². The van der Waals surface area contributed by atoms with Crippen molar-refractivity contribution in [2.75, 3.05) is 0 Å². The molecule has 4 nitrogen and oxygen atoms in total. The number of rotatable bonds is 5. The maximum atomic E-state index is 12.8. The van der Waals surface area contributed by atoms with Gasteiger partial charge < -0.3 is 9.47 Å². The Hall–Kier alpha value is -3.08. The highest BCUT2D eigenvalue weighted by Crippen LogP contribution is 2.32. The SMILES string of the molecule is CC(=O)Oc1cccc(COc2ccc3c(c2)C/C(=C\c2cc(Cl)cc(Cl)c2)C3=O)c1. The third-order valence-corrected chi connectivity index (χ3v) is 5.22. The van der Waals surface area contributed by atoms with Crippen LogP contribution in [-0.4, -0.2) is 11.8 Å². The summed E-state index contributed by atoms with van der Waals surface area (Å²) in [6.07, 6.45) is 2.33. The van der Waals surface area contributed by atoms with E-state index >= 15 is 0 Å².